The standard InChI is InChI=1S/C10H14N2O3/c1-7(2)6-11-8(3)9(12(14)15)4-5-10(11)13/h4-5,7H,6H2,1-3H3. The van der Waals surface area contributed by atoms with Crippen LogP contribution in [0.15, 0.2) is 16.9 Å². The lowest BCUT2D eigenvalue weighted by Crippen LogP contribution is -2.24. The summed E-state index contributed by atoms with van der Waals surface area (Å²) in [4.78, 5) is 21.7. The third-order valence-corrected chi connectivity index (χ3v) is 2.17. The van der Waals surface area contributed by atoms with Crippen LogP contribution in [0.3, 0.4) is 0 Å². The Morgan fingerprint density at radius 1 is 1.47 bits per heavy atom. The van der Waals surface area contributed by atoms with Gasteiger partial charge in [0.2, 0.25) is 0 Å². The van der Waals surface area contributed by atoms with Crippen LogP contribution in [0, 0.1) is 23.0 Å². The summed E-state index contributed by atoms with van der Waals surface area (Å²) in [6.45, 7) is 6.03. The highest BCUT2D eigenvalue weighted by Gasteiger charge is 2.15. The fraction of sp³-hybridized carbons (Fsp3) is 0.500. The number of aromatic nitrogens is 1. The van der Waals surface area contributed by atoms with E-state index in [1.54, 1.807) is 6.92 Å². The van der Waals surface area contributed by atoms with Crippen molar-refractivity contribution in [1.82, 2.24) is 4.57 Å². The van der Waals surface area contributed by atoms with Crippen molar-refractivity contribution in [3.05, 3.63) is 38.3 Å². The fourth-order valence-electron chi connectivity index (χ4n) is 1.45. The second kappa shape index (κ2) is 4.25. The molecular formula is C10H14N2O3. The van der Waals surface area contributed by atoms with Gasteiger partial charge in [0.15, 0.2) is 0 Å². The number of nitro groups is 1. The van der Waals surface area contributed by atoms with E-state index in [-0.39, 0.29) is 17.2 Å². The van der Waals surface area contributed by atoms with Crippen molar-refractivity contribution in [3.8, 4) is 0 Å². The number of hydrogen-bond acceptors (Lipinski definition) is 3. The molecule has 15 heavy (non-hydrogen) atoms. The molecule has 0 saturated carbocycles. The van der Waals surface area contributed by atoms with E-state index in [1.165, 1.54) is 16.7 Å². The molecule has 1 rings (SSSR count). The predicted octanol–water partition coefficient (Wildman–Crippen LogP) is 1.72. The number of pyridine rings is 1. The summed E-state index contributed by atoms with van der Waals surface area (Å²) < 4.78 is 1.45. The number of rotatable bonds is 3. The Kier molecular flexibility index (Phi) is 3.24. The van der Waals surface area contributed by atoms with Gasteiger partial charge in [-0.3, -0.25) is 14.9 Å². The summed E-state index contributed by atoms with van der Waals surface area (Å²) in [6, 6.07) is 2.50. The van der Waals surface area contributed by atoms with Gasteiger partial charge in [-0.1, -0.05) is 13.8 Å². The first-order valence-electron chi connectivity index (χ1n) is 4.78. The molecule has 5 nitrogen and oxygen atoms in total. The van der Waals surface area contributed by atoms with Crippen molar-refractivity contribution < 1.29 is 4.92 Å². The highest BCUT2D eigenvalue weighted by molar-refractivity contribution is 5.34. The van der Waals surface area contributed by atoms with Gasteiger partial charge < -0.3 is 4.57 Å². The van der Waals surface area contributed by atoms with Gasteiger partial charge in [0.25, 0.3) is 11.2 Å². The van der Waals surface area contributed by atoms with E-state index < -0.39 is 4.92 Å². The minimum absolute atomic E-state index is 0.00440. The van der Waals surface area contributed by atoms with Gasteiger partial charge in [0.1, 0.15) is 0 Å². The van der Waals surface area contributed by atoms with Crippen molar-refractivity contribution in [2.24, 2.45) is 5.92 Å². The molecule has 1 aromatic rings. The molecule has 0 amide bonds. The maximum atomic E-state index is 11.5. The third kappa shape index (κ3) is 2.43. The minimum Gasteiger partial charge on any atom is -0.306 e. The number of hydrogen-bond donors (Lipinski definition) is 0. The molecule has 0 aromatic carbocycles. The van der Waals surface area contributed by atoms with Crippen LogP contribution in [0.2, 0.25) is 0 Å². The zero-order valence-corrected chi connectivity index (χ0v) is 9.06. The number of nitrogens with zero attached hydrogens (tertiary/aromatic N) is 2. The molecule has 0 spiro atoms. The van der Waals surface area contributed by atoms with Gasteiger partial charge in [-0.25, -0.2) is 0 Å². The normalized spacial score (nSPS) is 10.7. The lowest BCUT2D eigenvalue weighted by atomic mass is 10.2. The highest BCUT2D eigenvalue weighted by Crippen LogP contribution is 2.15. The quantitative estimate of drug-likeness (QED) is 0.563. The van der Waals surface area contributed by atoms with E-state index >= 15 is 0 Å². The molecule has 0 atom stereocenters. The van der Waals surface area contributed by atoms with E-state index in [4.69, 9.17) is 0 Å². The first-order chi connectivity index (χ1) is 6.93. The van der Waals surface area contributed by atoms with Crippen LogP contribution in [-0.2, 0) is 6.54 Å². The second-order valence-electron chi connectivity index (χ2n) is 3.90. The molecule has 0 fully saturated rings. The molecule has 82 valence electrons. The smallest absolute Gasteiger partial charge is 0.288 e. The predicted molar refractivity (Wildman–Crippen MR) is 56.9 cm³/mol. The first kappa shape index (κ1) is 11.4. The Bertz CT molecular complexity index is 435. The Labute approximate surface area is 87.5 Å². The van der Waals surface area contributed by atoms with E-state index in [1.807, 2.05) is 13.8 Å². The van der Waals surface area contributed by atoms with Crippen LogP contribution in [0.1, 0.15) is 19.5 Å². The average Bonchev–Trinajstić information content (AvgIpc) is 2.11. The molecular weight excluding hydrogens is 196 g/mol. The second-order valence-corrected chi connectivity index (χ2v) is 3.90. The van der Waals surface area contributed by atoms with Crippen LogP contribution in [0.4, 0.5) is 5.69 Å². The van der Waals surface area contributed by atoms with Gasteiger partial charge in [-0.05, 0) is 12.8 Å². The van der Waals surface area contributed by atoms with Crippen molar-refractivity contribution >= 4 is 5.69 Å². The van der Waals surface area contributed by atoms with Crippen molar-refractivity contribution in [2.45, 2.75) is 27.3 Å². The third-order valence-electron chi connectivity index (χ3n) is 2.17. The van der Waals surface area contributed by atoms with Crippen LogP contribution in [0.5, 0.6) is 0 Å². The molecule has 0 N–H and O–H groups in total. The maximum absolute atomic E-state index is 11.5. The molecule has 0 radical (unpaired) electrons. The van der Waals surface area contributed by atoms with Gasteiger partial charge in [-0.2, -0.15) is 0 Å². The molecule has 0 unspecified atom stereocenters. The molecule has 0 saturated heterocycles. The molecule has 0 aliphatic heterocycles. The first-order valence-corrected chi connectivity index (χ1v) is 4.78. The average molecular weight is 210 g/mol. The SMILES string of the molecule is Cc1c([N+](=O)[O-])ccc(=O)n1CC(C)C. The molecule has 1 heterocycles. The van der Waals surface area contributed by atoms with E-state index in [0.29, 0.717) is 12.2 Å². The van der Waals surface area contributed by atoms with Crippen LogP contribution >= 0.6 is 0 Å². The summed E-state index contributed by atoms with van der Waals surface area (Å²) in [6.07, 6.45) is 0. The van der Waals surface area contributed by atoms with Gasteiger partial charge in [0.05, 0.1) is 10.6 Å². The van der Waals surface area contributed by atoms with E-state index in [2.05, 4.69) is 0 Å². The monoisotopic (exact) mass is 210 g/mol. The van der Waals surface area contributed by atoms with Crippen molar-refractivity contribution in [2.75, 3.05) is 0 Å². The lowest BCUT2D eigenvalue weighted by Gasteiger charge is -2.11. The maximum Gasteiger partial charge on any atom is 0.288 e. The molecule has 1 aromatic heterocycles. The topological polar surface area (TPSA) is 65.1 Å². The Balaban J connectivity index is 3.30. The van der Waals surface area contributed by atoms with Crippen LogP contribution in [0.25, 0.3) is 0 Å². The highest BCUT2D eigenvalue weighted by atomic mass is 16.6. The Hall–Kier alpha value is -1.65. The zero-order chi connectivity index (χ0) is 11.6. The van der Waals surface area contributed by atoms with Gasteiger partial charge in [-0.15, -0.1) is 0 Å². The van der Waals surface area contributed by atoms with E-state index in [9.17, 15) is 14.9 Å². The minimum atomic E-state index is -0.467. The van der Waals surface area contributed by atoms with Gasteiger partial charge in [0, 0.05) is 18.7 Å². The summed E-state index contributed by atoms with van der Waals surface area (Å²) in [5, 5.41) is 10.7. The molecule has 5 heteroatoms. The van der Waals surface area contributed by atoms with Crippen molar-refractivity contribution in [1.29, 1.82) is 0 Å². The van der Waals surface area contributed by atoms with Gasteiger partial charge >= 0.3 is 0 Å². The van der Waals surface area contributed by atoms with Crippen molar-refractivity contribution in [3.63, 3.8) is 0 Å². The molecule has 0 bridgehead atoms. The Morgan fingerprint density at radius 3 is 2.53 bits per heavy atom. The summed E-state index contributed by atoms with van der Waals surface area (Å²) in [5.41, 5.74) is 0.225. The Morgan fingerprint density at radius 2 is 2.07 bits per heavy atom. The molecule has 0 aliphatic carbocycles. The van der Waals surface area contributed by atoms with Crippen LogP contribution < -0.4 is 5.56 Å². The summed E-state index contributed by atoms with van der Waals surface area (Å²) in [5.74, 6) is 0.281. The van der Waals surface area contributed by atoms with Crippen LogP contribution in [-0.4, -0.2) is 9.49 Å². The summed E-state index contributed by atoms with van der Waals surface area (Å²) in [7, 11) is 0. The largest absolute Gasteiger partial charge is 0.306 e. The fourth-order valence-corrected chi connectivity index (χ4v) is 1.45. The molecule has 0 aliphatic rings. The zero-order valence-electron chi connectivity index (χ0n) is 9.06. The summed E-state index contributed by atoms with van der Waals surface area (Å²) >= 11 is 0. The lowest BCUT2D eigenvalue weighted by molar-refractivity contribution is -0.386. The van der Waals surface area contributed by atoms with E-state index in [0.717, 1.165) is 0 Å².